The molecule has 0 saturated heterocycles. The van der Waals surface area contributed by atoms with Crippen LogP contribution in [0.5, 0.6) is 5.75 Å². The SMILES string of the molecule is C/C=C\C=C/c1cc(-c2ccc3ccc(O)cc3c2)c2ccccc2c1-c1ccc(-c2ccccc2)c2ccccc12. The molecular formula is C41H30O. The van der Waals surface area contributed by atoms with Crippen molar-refractivity contribution in [3.05, 3.63) is 157 Å². The molecule has 0 atom stereocenters. The summed E-state index contributed by atoms with van der Waals surface area (Å²) >= 11 is 0. The lowest BCUT2D eigenvalue weighted by Crippen LogP contribution is -1.93. The number of phenolic OH excluding ortho intramolecular Hbond substituents is 1. The van der Waals surface area contributed by atoms with Crippen LogP contribution >= 0.6 is 0 Å². The summed E-state index contributed by atoms with van der Waals surface area (Å²) in [5.41, 5.74) is 8.36. The molecule has 42 heavy (non-hydrogen) atoms. The molecule has 0 spiro atoms. The van der Waals surface area contributed by atoms with Gasteiger partial charge in [-0.05, 0) is 102 Å². The Morgan fingerprint density at radius 3 is 1.88 bits per heavy atom. The van der Waals surface area contributed by atoms with Gasteiger partial charge in [-0.25, -0.2) is 0 Å². The highest BCUT2D eigenvalue weighted by Crippen LogP contribution is 2.44. The minimum absolute atomic E-state index is 0.278. The van der Waals surface area contributed by atoms with E-state index in [1.807, 2.05) is 19.1 Å². The van der Waals surface area contributed by atoms with E-state index in [1.165, 1.54) is 49.4 Å². The Bertz CT molecular complexity index is 2150. The molecular weight excluding hydrogens is 508 g/mol. The summed E-state index contributed by atoms with van der Waals surface area (Å²) in [5, 5.41) is 17.2. The first kappa shape index (κ1) is 25.6. The molecule has 0 heterocycles. The minimum atomic E-state index is 0.278. The van der Waals surface area contributed by atoms with Gasteiger partial charge in [-0.1, -0.05) is 133 Å². The largest absolute Gasteiger partial charge is 0.508 e. The summed E-state index contributed by atoms with van der Waals surface area (Å²) in [6.45, 7) is 2.04. The van der Waals surface area contributed by atoms with Crippen LogP contribution in [0.15, 0.2) is 152 Å². The highest BCUT2D eigenvalue weighted by Gasteiger charge is 2.17. The molecule has 7 aromatic carbocycles. The topological polar surface area (TPSA) is 20.2 Å². The second-order valence-corrected chi connectivity index (χ2v) is 10.6. The second-order valence-electron chi connectivity index (χ2n) is 10.6. The average Bonchev–Trinajstić information content (AvgIpc) is 3.04. The van der Waals surface area contributed by atoms with Crippen LogP contribution in [-0.4, -0.2) is 5.11 Å². The molecule has 0 aliphatic carbocycles. The summed E-state index contributed by atoms with van der Waals surface area (Å²) < 4.78 is 0. The normalized spacial score (nSPS) is 11.8. The predicted molar refractivity (Wildman–Crippen MR) is 181 cm³/mol. The van der Waals surface area contributed by atoms with Crippen molar-refractivity contribution in [2.45, 2.75) is 6.92 Å². The van der Waals surface area contributed by atoms with E-state index in [4.69, 9.17) is 0 Å². The zero-order valence-electron chi connectivity index (χ0n) is 23.5. The molecule has 7 aromatic rings. The highest BCUT2D eigenvalue weighted by atomic mass is 16.3. The molecule has 1 nitrogen and oxygen atoms in total. The molecule has 0 unspecified atom stereocenters. The fraction of sp³-hybridized carbons (Fsp3) is 0.0244. The molecule has 0 radical (unpaired) electrons. The van der Waals surface area contributed by atoms with E-state index in [2.05, 4.69) is 140 Å². The maximum absolute atomic E-state index is 10.2. The Morgan fingerprint density at radius 2 is 1.12 bits per heavy atom. The highest BCUT2D eigenvalue weighted by molar-refractivity contribution is 6.14. The van der Waals surface area contributed by atoms with Gasteiger partial charge in [-0.2, -0.15) is 0 Å². The van der Waals surface area contributed by atoms with Crippen molar-refractivity contribution in [1.29, 1.82) is 0 Å². The van der Waals surface area contributed by atoms with Crippen molar-refractivity contribution >= 4 is 38.4 Å². The lowest BCUT2D eigenvalue weighted by Gasteiger charge is -2.19. The number of fused-ring (bicyclic) bond motifs is 3. The Labute approximate surface area is 246 Å². The number of rotatable bonds is 5. The van der Waals surface area contributed by atoms with E-state index < -0.39 is 0 Å². The molecule has 0 saturated carbocycles. The molecule has 0 aliphatic rings. The van der Waals surface area contributed by atoms with Gasteiger partial charge in [-0.15, -0.1) is 0 Å². The lowest BCUT2D eigenvalue weighted by atomic mass is 9.84. The summed E-state index contributed by atoms with van der Waals surface area (Å²) in [4.78, 5) is 0. The number of phenols is 1. The van der Waals surface area contributed by atoms with E-state index in [9.17, 15) is 5.11 Å². The molecule has 0 bridgehead atoms. The summed E-state index contributed by atoms with van der Waals surface area (Å²) in [6.07, 6.45) is 8.47. The van der Waals surface area contributed by atoms with E-state index in [0.717, 1.165) is 21.9 Å². The molecule has 0 amide bonds. The van der Waals surface area contributed by atoms with Gasteiger partial charge in [0, 0.05) is 0 Å². The smallest absolute Gasteiger partial charge is 0.116 e. The molecule has 0 fully saturated rings. The van der Waals surface area contributed by atoms with Gasteiger partial charge in [0.15, 0.2) is 0 Å². The van der Waals surface area contributed by atoms with Gasteiger partial charge in [0.05, 0.1) is 0 Å². The lowest BCUT2D eigenvalue weighted by molar-refractivity contribution is 0.476. The predicted octanol–water partition coefficient (Wildman–Crippen LogP) is 11.4. The average molecular weight is 539 g/mol. The van der Waals surface area contributed by atoms with Crippen LogP contribution < -0.4 is 0 Å². The van der Waals surface area contributed by atoms with Crippen LogP contribution in [0.2, 0.25) is 0 Å². The van der Waals surface area contributed by atoms with E-state index >= 15 is 0 Å². The van der Waals surface area contributed by atoms with Gasteiger partial charge < -0.3 is 5.11 Å². The zero-order valence-corrected chi connectivity index (χ0v) is 23.5. The Kier molecular flexibility index (Phi) is 6.62. The number of hydrogen-bond acceptors (Lipinski definition) is 1. The number of benzene rings is 7. The fourth-order valence-corrected chi connectivity index (χ4v) is 6.13. The van der Waals surface area contributed by atoms with Crippen molar-refractivity contribution in [1.82, 2.24) is 0 Å². The Hall–Kier alpha value is -5.40. The molecule has 200 valence electrons. The third kappa shape index (κ3) is 4.56. The maximum atomic E-state index is 10.2. The van der Waals surface area contributed by atoms with Crippen LogP contribution in [0.3, 0.4) is 0 Å². The monoisotopic (exact) mass is 538 g/mol. The minimum Gasteiger partial charge on any atom is -0.508 e. The quantitative estimate of drug-likeness (QED) is 0.216. The van der Waals surface area contributed by atoms with Gasteiger partial charge in [0.25, 0.3) is 0 Å². The number of aromatic hydroxyl groups is 1. The van der Waals surface area contributed by atoms with Gasteiger partial charge >= 0.3 is 0 Å². The van der Waals surface area contributed by atoms with Crippen molar-refractivity contribution in [2.75, 3.05) is 0 Å². The van der Waals surface area contributed by atoms with Crippen LogP contribution in [0.25, 0.3) is 71.8 Å². The molecule has 1 heteroatoms. The first-order valence-electron chi connectivity index (χ1n) is 14.4. The van der Waals surface area contributed by atoms with Crippen LogP contribution in [0.4, 0.5) is 0 Å². The van der Waals surface area contributed by atoms with Crippen molar-refractivity contribution in [3.8, 4) is 39.1 Å². The van der Waals surface area contributed by atoms with E-state index in [1.54, 1.807) is 6.07 Å². The number of hydrogen-bond donors (Lipinski definition) is 1. The van der Waals surface area contributed by atoms with Gasteiger partial charge in [0.2, 0.25) is 0 Å². The van der Waals surface area contributed by atoms with Gasteiger partial charge in [0.1, 0.15) is 5.75 Å². The van der Waals surface area contributed by atoms with E-state index in [0.29, 0.717) is 0 Å². The Morgan fingerprint density at radius 1 is 0.476 bits per heavy atom. The third-order valence-electron chi connectivity index (χ3n) is 8.07. The van der Waals surface area contributed by atoms with Crippen molar-refractivity contribution in [3.63, 3.8) is 0 Å². The first-order chi connectivity index (χ1) is 20.7. The first-order valence-corrected chi connectivity index (χ1v) is 14.4. The summed E-state index contributed by atoms with van der Waals surface area (Å²) in [7, 11) is 0. The zero-order chi connectivity index (χ0) is 28.5. The second kappa shape index (κ2) is 10.9. The fourth-order valence-electron chi connectivity index (χ4n) is 6.13. The Balaban J connectivity index is 1.53. The van der Waals surface area contributed by atoms with E-state index in [-0.39, 0.29) is 5.75 Å². The van der Waals surface area contributed by atoms with Crippen LogP contribution in [0, 0.1) is 0 Å². The molecule has 7 rings (SSSR count). The third-order valence-corrected chi connectivity index (χ3v) is 8.07. The molecule has 1 N–H and O–H groups in total. The molecule has 0 aliphatic heterocycles. The standard InChI is InChI=1S/C41H30O/c1-2-3-5-14-31-27-40(30-20-19-28-21-22-33(42)26-32(28)25-30)37-17-10-11-18-38(37)41(31)39-24-23-34(29-12-6-4-7-13-29)35-15-8-9-16-36(35)39/h2-27,42H,1H3/b3-2-,14-5-. The van der Waals surface area contributed by atoms with Crippen LogP contribution in [0.1, 0.15) is 12.5 Å². The summed E-state index contributed by atoms with van der Waals surface area (Å²) in [6, 6.07) is 47.0. The molecule has 0 aromatic heterocycles. The number of allylic oxidation sites excluding steroid dienone is 3. The van der Waals surface area contributed by atoms with Crippen molar-refractivity contribution < 1.29 is 5.11 Å². The maximum Gasteiger partial charge on any atom is 0.116 e. The van der Waals surface area contributed by atoms with Gasteiger partial charge in [-0.3, -0.25) is 0 Å². The van der Waals surface area contributed by atoms with Crippen molar-refractivity contribution in [2.24, 2.45) is 0 Å². The van der Waals surface area contributed by atoms with Crippen LogP contribution in [-0.2, 0) is 0 Å². The summed E-state index contributed by atoms with van der Waals surface area (Å²) in [5.74, 6) is 0.278.